The van der Waals surface area contributed by atoms with E-state index in [4.69, 9.17) is 5.21 Å². The Morgan fingerprint density at radius 3 is 2.03 bits per heavy atom. The molecule has 0 bridgehead atoms. The minimum atomic E-state index is -1.93. The lowest BCUT2D eigenvalue weighted by Gasteiger charge is -2.34. The second kappa shape index (κ2) is 10.5. The van der Waals surface area contributed by atoms with Crippen LogP contribution >= 0.6 is 0 Å². The Hall–Kier alpha value is -3.67. The van der Waals surface area contributed by atoms with Gasteiger partial charge in [0.25, 0.3) is 17.7 Å². The molecule has 0 spiro atoms. The van der Waals surface area contributed by atoms with Gasteiger partial charge in [0.15, 0.2) is 5.54 Å². The highest BCUT2D eigenvalue weighted by atomic mass is 16.5. The summed E-state index contributed by atoms with van der Waals surface area (Å²) in [6.45, 7) is 4.35. The maximum atomic E-state index is 12.9. The zero-order valence-corrected chi connectivity index (χ0v) is 19.8. The van der Waals surface area contributed by atoms with Crippen LogP contribution in [-0.2, 0) is 16.1 Å². The fraction of sp³-hybridized carbons (Fsp3) is 0.346. The van der Waals surface area contributed by atoms with Crippen LogP contribution in [0.25, 0.3) is 0 Å². The Morgan fingerprint density at radius 1 is 1.03 bits per heavy atom. The minimum Gasteiger partial charge on any atom is -0.357 e. The van der Waals surface area contributed by atoms with Gasteiger partial charge < -0.3 is 15.5 Å². The zero-order valence-electron chi connectivity index (χ0n) is 19.8. The minimum absolute atomic E-state index is 0.274. The van der Waals surface area contributed by atoms with Crippen molar-refractivity contribution in [2.24, 2.45) is 5.92 Å². The van der Waals surface area contributed by atoms with Crippen molar-refractivity contribution >= 4 is 17.7 Å². The van der Waals surface area contributed by atoms with Gasteiger partial charge in [-0.1, -0.05) is 30.9 Å². The molecule has 1 fully saturated rings. The number of rotatable bonds is 7. The normalized spacial score (nSPS) is 18.0. The van der Waals surface area contributed by atoms with Crippen molar-refractivity contribution in [3.8, 4) is 11.8 Å². The monoisotopic (exact) mass is 462 g/mol. The molecule has 2 aromatic rings. The number of hydrogen-bond acceptors (Lipinski definition) is 5. The molecule has 0 aromatic heterocycles. The number of nitrogens with one attached hydrogen (secondary N) is 3. The Labute approximate surface area is 199 Å². The summed E-state index contributed by atoms with van der Waals surface area (Å²) in [4.78, 5) is 38.3. The van der Waals surface area contributed by atoms with E-state index in [-0.39, 0.29) is 5.56 Å². The molecule has 178 valence electrons. The van der Waals surface area contributed by atoms with Gasteiger partial charge in [0.05, 0.1) is 0 Å². The standard InChI is InChI=1S/C26H30N4O4/c1-17-15-22(17)28-16-20-9-7-18(8-10-20)5-6-19-11-13-21(14-12-19)23(31)30(4)26(2,24(32)27-3)25(33)29-34/h7-14,17,22,28,34H,15-16H2,1-4H3,(H,27,32)(H,29,33)/t17?,22?,26-/m0/s1. The summed E-state index contributed by atoms with van der Waals surface area (Å²) < 4.78 is 0. The van der Waals surface area contributed by atoms with Gasteiger partial charge in [-0.05, 0) is 61.2 Å². The molecule has 0 radical (unpaired) electrons. The fourth-order valence-corrected chi connectivity index (χ4v) is 3.56. The summed E-state index contributed by atoms with van der Waals surface area (Å²) in [5.74, 6) is 4.65. The highest BCUT2D eigenvalue weighted by molar-refractivity contribution is 6.12. The van der Waals surface area contributed by atoms with E-state index in [1.54, 1.807) is 24.3 Å². The third-order valence-corrected chi connectivity index (χ3v) is 6.30. The van der Waals surface area contributed by atoms with Crippen LogP contribution in [0.15, 0.2) is 48.5 Å². The van der Waals surface area contributed by atoms with E-state index < -0.39 is 23.3 Å². The Kier molecular flexibility index (Phi) is 7.72. The first-order chi connectivity index (χ1) is 16.2. The molecule has 0 saturated heterocycles. The Balaban J connectivity index is 1.66. The van der Waals surface area contributed by atoms with Crippen molar-refractivity contribution in [1.82, 2.24) is 21.0 Å². The summed E-state index contributed by atoms with van der Waals surface area (Å²) in [5.41, 5.74) is 2.62. The van der Waals surface area contributed by atoms with Crippen LogP contribution in [0.1, 0.15) is 47.3 Å². The summed E-state index contributed by atoms with van der Waals surface area (Å²) in [6.07, 6.45) is 1.25. The SMILES string of the molecule is CNC(=O)[C@@](C)(C(=O)NO)N(C)C(=O)c1ccc(C#Cc2ccc(CNC3CC3C)cc2)cc1. The number of hydrogen-bond donors (Lipinski definition) is 4. The molecule has 1 saturated carbocycles. The molecule has 4 N–H and O–H groups in total. The van der Waals surface area contributed by atoms with Crippen LogP contribution in [0.4, 0.5) is 0 Å². The summed E-state index contributed by atoms with van der Waals surface area (Å²) in [7, 11) is 2.67. The van der Waals surface area contributed by atoms with Crippen molar-refractivity contribution in [2.75, 3.05) is 14.1 Å². The second-order valence-corrected chi connectivity index (χ2v) is 8.68. The number of carbonyl (C=O) groups is 3. The van der Waals surface area contributed by atoms with E-state index in [0.29, 0.717) is 6.04 Å². The summed E-state index contributed by atoms with van der Waals surface area (Å²) >= 11 is 0. The highest BCUT2D eigenvalue weighted by Gasteiger charge is 2.47. The van der Waals surface area contributed by atoms with Gasteiger partial charge in [0, 0.05) is 43.4 Å². The van der Waals surface area contributed by atoms with Gasteiger partial charge >= 0.3 is 0 Å². The molecule has 34 heavy (non-hydrogen) atoms. The van der Waals surface area contributed by atoms with Crippen molar-refractivity contribution < 1.29 is 19.6 Å². The summed E-state index contributed by atoms with van der Waals surface area (Å²) in [5, 5.41) is 14.9. The van der Waals surface area contributed by atoms with E-state index >= 15 is 0 Å². The fourth-order valence-electron chi connectivity index (χ4n) is 3.56. The molecule has 8 heteroatoms. The largest absolute Gasteiger partial charge is 0.357 e. The molecule has 8 nitrogen and oxygen atoms in total. The van der Waals surface area contributed by atoms with Crippen LogP contribution in [0.5, 0.6) is 0 Å². The first-order valence-corrected chi connectivity index (χ1v) is 11.1. The predicted molar refractivity (Wildman–Crippen MR) is 128 cm³/mol. The topological polar surface area (TPSA) is 111 Å². The van der Waals surface area contributed by atoms with Gasteiger partial charge in [-0.3, -0.25) is 19.6 Å². The van der Waals surface area contributed by atoms with Gasteiger partial charge in [0.2, 0.25) is 0 Å². The van der Waals surface area contributed by atoms with Crippen LogP contribution in [0, 0.1) is 17.8 Å². The average molecular weight is 463 g/mol. The van der Waals surface area contributed by atoms with Gasteiger partial charge in [-0.2, -0.15) is 0 Å². The Morgan fingerprint density at radius 2 is 1.56 bits per heavy atom. The van der Waals surface area contributed by atoms with Crippen molar-refractivity contribution in [1.29, 1.82) is 0 Å². The number of amides is 3. The van der Waals surface area contributed by atoms with E-state index in [2.05, 4.69) is 41.5 Å². The van der Waals surface area contributed by atoms with Gasteiger partial charge in [-0.25, -0.2) is 5.48 Å². The van der Waals surface area contributed by atoms with E-state index in [1.165, 1.54) is 38.5 Å². The number of hydroxylamine groups is 1. The number of benzene rings is 2. The molecule has 2 aromatic carbocycles. The highest BCUT2D eigenvalue weighted by Crippen LogP contribution is 2.29. The van der Waals surface area contributed by atoms with Crippen LogP contribution in [0.3, 0.4) is 0 Å². The van der Waals surface area contributed by atoms with Crippen LogP contribution in [-0.4, -0.2) is 53.5 Å². The number of carbonyl (C=O) groups excluding carboxylic acids is 3. The van der Waals surface area contributed by atoms with E-state index in [9.17, 15) is 14.4 Å². The maximum absolute atomic E-state index is 12.9. The molecule has 0 aliphatic heterocycles. The van der Waals surface area contributed by atoms with Crippen molar-refractivity contribution in [3.05, 3.63) is 70.8 Å². The quantitative estimate of drug-likeness (QED) is 0.217. The zero-order chi connectivity index (χ0) is 24.9. The van der Waals surface area contributed by atoms with Crippen molar-refractivity contribution in [3.63, 3.8) is 0 Å². The lowest BCUT2D eigenvalue weighted by Crippen LogP contribution is -2.64. The summed E-state index contributed by atoms with van der Waals surface area (Å²) in [6, 6.07) is 15.3. The smallest absolute Gasteiger partial charge is 0.278 e. The third-order valence-electron chi connectivity index (χ3n) is 6.30. The Bertz CT molecular complexity index is 1100. The van der Waals surface area contributed by atoms with E-state index in [1.807, 2.05) is 12.1 Å². The van der Waals surface area contributed by atoms with E-state index in [0.717, 1.165) is 28.5 Å². The van der Waals surface area contributed by atoms with Gasteiger partial charge in [0.1, 0.15) is 0 Å². The van der Waals surface area contributed by atoms with Crippen LogP contribution in [0.2, 0.25) is 0 Å². The molecule has 1 aliphatic carbocycles. The predicted octanol–water partition coefficient (Wildman–Crippen LogP) is 1.67. The van der Waals surface area contributed by atoms with Crippen LogP contribution < -0.4 is 16.1 Å². The number of nitrogens with zero attached hydrogens (tertiary/aromatic N) is 1. The first-order valence-electron chi connectivity index (χ1n) is 11.1. The lowest BCUT2D eigenvalue weighted by molar-refractivity contribution is -0.148. The second-order valence-electron chi connectivity index (χ2n) is 8.68. The average Bonchev–Trinajstić information content (AvgIpc) is 3.59. The molecule has 1 aliphatic rings. The maximum Gasteiger partial charge on any atom is 0.278 e. The molecule has 0 heterocycles. The van der Waals surface area contributed by atoms with Crippen molar-refractivity contribution in [2.45, 2.75) is 38.4 Å². The molecular formula is C26H30N4O4. The molecular weight excluding hydrogens is 432 g/mol. The molecule has 2 unspecified atom stereocenters. The third kappa shape index (κ3) is 5.45. The molecule has 3 atom stereocenters. The van der Waals surface area contributed by atoms with Gasteiger partial charge in [-0.15, -0.1) is 0 Å². The number of likely N-dealkylation sites (N-methyl/N-ethyl adjacent to an activating group) is 2. The first kappa shape index (κ1) is 25.0. The lowest BCUT2D eigenvalue weighted by atomic mass is 9.96. The molecule has 3 rings (SSSR count). The molecule has 3 amide bonds.